The molecule has 6 nitrogen and oxygen atoms in total. The van der Waals surface area contributed by atoms with Crippen molar-refractivity contribution in [2.24, 2.45) is 0 Å². The normalized spacial score (nSPS) is 11.7. The molecule has 0 aliphatic rings. The number of thiophene rings is 1. The topological polar surface area (TPSA) is 54.2 Å². The summed E-state index contributed by atoms with van der Waals surface area (Å²) in [5.74, 6) is 0. The Morgan fingerprint density at radius 3 is 0.791 bits per heavy atom. The van der Waals surface area contributed by atoms with E-state index in [0.717, 1.165) is 116 Å². The van der Waals surface area contributed by atoms with Crippen LogP contribution in [0.5, 0.6) is 0 Å². The number of rotatable bonds is 12. The fourth-order valence-electron chi connectivity index (χ4n) is 21.3. The summed E-state index contributed by atoms with van der Waals surface area (Å²) in [6, 6.07) is 181. The Labute approximate surface area is 804 Å². The second-order valence-corrected chi connectivity index (χ2v) is 37.2. The van der Waals surface area contributed by atoms with Gasteiger partial charge >= 0.3 is 0 Å². The van der Waals surface area contributed by atoms with Crippen LogP contribution in [0.4, 0.5) is 0 Å². The first-order chi connectivity index (χ1) is 68.8. The Hall–Kier alpha value is -18.1. The minimum Gasteiger partial charge on any atom is -0.456 e. The summed E-state index contributed by atoms with van der Waals surface area (Å²) in [6.07, 6.45) is 0. The zero-order chi connectivity index (χ0) is 91.5. The molecular formula is C132H83N3O3S. The molecule has 29 rings (SSSR count). The molecule has 0 aliphatic heterocycles. The highest BCUT2D eigenvalue weighted by Crippen LogP contribution is 2.46. The minimum atomic E-state index is 0.897. The molecule has 139 heavy (non-hydrogen) atoms. The average Bonchev–Trinajstić information content (AvgIpc) is 1.59. The van der Waals surface area contributed by atoms with Crippen LogP contribution in [0.3, 0.4) is 0 Å². The molecule has 7 heterocycles. The number of furan rings is 3. The molecule has 0 saturated carbocycles. The molecule has 0 saturated heterocycles. The smallest absolute Gasteiger partial charge is 0.135 e. The standard InChI is InChI=1S/C48H29NO2.C48H31NO.C36H23NS/c1-5-16-43-37(12-1)38-13-2-6-17-44(38)49(43)36-26-34(25-35(27-36)33-21-23-48-42(29-33)40-15-4-8-19-46(40)51-48)31-11-9-10-30(24-31)32-20-22-47-41(28-32)39-14-3-7-18-45(39)50-47;1-3-11-32(12-4-1)35-21-25-47-43(30-35)44-31-36(22-26-48(44)50-47)39-28-37(33-13-5-2-6-14-33)27-38(29-39)34-19-23-40(24-20-34)49-45-17-9-7-15-41(45)42-16-8-10-18-46(42)49;1-4-16-33-29(13-1)30-14-2-5-17-34(30)37(33)28-12-8-11-26(22-28)24-9-7-10-25(21-24)27-19-20-36-32(23-27)31-15-3-6-18-35(31)38-36/h1-29H;1-31H;1-23H. The second-order valence-electron chi connectivity index (χ2n) is 36.1. The molecule has 0 unspecified atom stereocenters. The number of benzene rings is 22. The van der Waals surface area contributed by atoms with Crippen molar-refractivity contribution >= 4 is 163 Å². The van der Waals surface area contributed by atoms with Crippen molar-refractivity contribution in [2.75, 3.05) is 0 Å². The van der Waals surface area contributed by atoms with Crippen molar-refractivity contribution in [3.05, 3.63) is 504 Å². The van der Waals surface area contributed by atoms with Gasteiger partial charge in [0.25, 0.3) is 0 Å². The summed E-state index contributed by atoms with van der Waals surface area (Å²) in [5.41, 5.74) is 37.4. The van der Waals surface area contributed by atoms with Crippen LogP contribution >= 0.6 is 11.3 Å². The van der Waals surface area contributed by atoms with Crippen LogP contribution < -0.4 is 0 Å². The third-order valence-corrected chi connectivity index (χ3v) is 29.1. The molecule has 0 N–H and O–H groups in total. The lowest BCUT2D eigenvalue weighted by molar-refractivity contribution is 0.668. The first-order valence-electron chi connectivity index (χ1n) is 47.4. The predicted molar refractivity (Wildman–Crippen MR) is 586 cm³/mol. The van der Waals surface area contributed by atoms with Crippen LogP contribution in [0.2, 0.25) is 0 Å². The van der Waals surface area contributed by atoms with Crippen molar-refractivity contribution in [3.8, 4) is 117 Å². The maximum Gasteiger partial charge on any atom is 0.135 e. The van der Waals surface area contributed by atoms with E-state index >= 15 is 0 Å². The third kappa shape index (κ3) is 14.2. The highest BCUT2D eigenvalue weighted by molar-refractivity contribution is 7.25. The number of hydrogen-bond acceptors (Lipinski definition) is 4. The lowest BCUT2D eigenvalue weighted by Crippen LogP contribution is -1.96. The van der Waals surface area contributed by atoms with Crippen molar-refractivity contribution in [1.29, 1.82) is 0 Å². The molecule has 0 bridgehead atoms. The van der Waals surface area contributed by atoms with Gasteiger partial charge in [-0.15, -0.1) is 11.3 Å². The quantitative estimate of drug-likeness (QED) is 0.122. The van der Waals surface area contributed by atoms with Gasteiger partial charge in [-0.05, 0) is 288 Å². The number of aromatic nitrogens is 3. The summed E-state index contributed by atoms with van der Waals surface area (Å²) in [5, 5.41) is 17.0. The van der Waals surface area contributed by atoms with E-state index in [9.17, 15) is 0 Å². The average molecular weight is 1790 g/mol. The molecule has 650 valence electrons. The van der Waals surface area contributed by atoms with E-state index in [1.54, 1.807) is 0 Å². The molecule has 0 spiro atoms. The number of hydrogen-bond donors (Lipinski definition) is 0. The summed E-state index contributed by atoms with van der Waals surface area (Å²) in [6.45, 7) is 0. The van der Waals surface area contributed by atoms with Crippen LogP contribution in [0, 0.1) is 0 Å². The Morgan fingerprint density at radius 2 is 0.360 bits per heavy atom. The Kier molecular flexibility index (Phi) is 19.4. The summed E-state index contributed by atoms with van der Waals surface area (Å²) < 4.78 is 28.5. The molecule has 7 aromatic heterocycles. The predicted octanol–water partition coefficient (Wildman–Crippen LogP) is 37.4. The maximum atomic E-state index is 6.31. The molecule has 7 heteroatoms. The van der Waals surface area contributed by atoms with Gasteiger partial charge in [-0.3, -0.25) is 0 Å². The van der Waals surface area contributed by atoms with Crippen LogP contribution in [0.1, 0.15) is 0 Å². The number of para-hydroxylation sites is 8. The maximum absolute atomic E-state index is 6.31. The molecule has 0 radical (unpaired) electrons. The van der Waals surface area contributed by atoms with E-state index in [4.69, 9.17) is 13.3 Å². The number of nitrogens with zero attached hydrogens (tertiary/aromatic N) is 3. The lowest BCUT2D eigenvalue weighted by Gasteiger charge is -2.15. The molecule has 0 amide bonds. The van der Waals surface area contributed by atoms with E-state index in [2.05, 4.69) is 493 Å². The molecule has 0 fully saturated rings. The molecule has 0 aliphatic carbocycles. The van der Waals surface area contributed by atoms with Crippen LogP contribution in [-0.2, 0) is 0 Å². The van der Waals surface area contributed by atoms with Crippen molar-refractivity contribution < 1.29 is 13.3 Å². The van der Waals surface area contributed by atoms with Crippen LogP contribution in [0.25, 0.3) is 269 Å². The Balaban J connectivity index is 0.000000106. The molecular weight excluding hydrogens is 1710 g/mol. The Morgan fingerprint density at radius 1 is 0.122 bits per heavy atom. The van der Waals surface area contributed by atoms with E-state index in [0.29, 0.717) is 0 Å². The van der Waals surface area contributed by atoms with Gasteiger partial charge in [-0.25, -0.2) is 0 Å². The summed E-state index contributed by atoms with van der Waals surface area (Å²) in [4.78, 5) is 0. The van der Waals surface area contributed by atoms with Crippen LogP contribution in [-0.4, -0.2) is 13.7 Å². The van der Waals surface area contributed by atoms with Gasteiger partial charge in [0.15, 0.2) is 0 Å². The van der Waals surface area contributed by atoms with Gasteiger partial charge in [0.1, 0.15) is 33.5 Å². The Bertz CT molecular complexity index is 9770. The summed E-state index contributed by atoms with van der Waals surface area (Å²) >= 11 is 1.86. The third-order valence-electron chi connectivity index (χ3n) is 28.0. The monoisotopic (exact) mass is 1790 g/mol. The minimum absolute atomic E-state index is 0.897. The van der Waals surface area contributed by atoms with E-state index < -0.39 is 0 Å². The molecule has 0 atom stereocenters. The van der Waals surface area contributed by atoms with Gasteiger partial charge in [-0.2, -0.15) is 0 Å². The summed E-state index contributed by atoms with van der Waals surface area (Å²) in [7, 11) is 0. The van der Waals surface area contributed by atoms with E-state index in [-0.39, 0.29) is 0 Å². The van der Waals surface area contributed by atoms with Gasteiger partial charge in [0.05, 0.1) is 33.1 Å². The highest BCUT2D eigenvalue weighted by atomic mass is 32.1. The van der Waals surface area contributed by atoms with Gasteiger partial charge in [0.2, 0.25) is 0 Å². The highest BCUT2D eigenvalue weighted by Gasteiger charge is 2.22. The van der Waals surface area contributed by atoms with Gasteiger partial charge < -0.3 is 27.0 Å². The van der Waals surface area contributed by atoms with Gasteiger partial charge in [0, 0.05) is 102 Å². The zero-order valence-corrected chi connectivity index (χ0v) is 76.2. The lowest BCUT2D eigenvalue weighted by atomic mass is 9.92. The van der Waals surface area contributed by atoms with Crippen molar-refractivity contribution in [3.63, 3.8) is 0 Å². The number of fused-ring (bicyclic) bond motifs is 21. The SMILES string of the molecule is c1cc(-c2cc(-c3ccc4oc5ccccc5c4c3)cc(-n3c4ccccc4c4ccccc43)c2)cc(-c2ccc3oc4ccccc4c3c2)c1.c1cc(-c2cccc(-n3c4ccccc4c4ccccc43)c2)cc(-c2ccc3sc4ccccc4c3c2)c1.c1ccc(-c2cc(-c3ccc(-n4c5ccccc5c5ccccc54)cc3)cc(-c3ccc4oc5ccc(-c6ccccc6)cc5c4c3)c2)cc1. The van der Waals surface area contributed by atoms with Crippen molar-refractivity contribution in [1.82, 2.24) is 13.7 Å². The zero-order valence-electron chi connectivity index (χ0n) is 75.4. The molecule has 29 aromatic rings. The van der Waals surface area contributed by atoms with Gasteiger partial charge in [-0.1, -0.05) is 315 Å². The second kappa shape index (κ2) is 33.5. The fraction of sp³-hybridized carbons (Fsp3) is 0. The first kappa shape index (κ1) is 80.5. The first-order valence-corrected chi connectivity index (χ1v) is 48.2. The van der Waals surface area contributed by atoms with E-state index in [1.807, 2.05) is 35.6 Å². The van der Waals surface area contributed by atoms with Crippen LogP contribution in [0.15, 0.2) is 517 Å². The van der Waals surface area contributed by atoms with Crippen molar-refractivity contribution in [2.45, 2.75) is 0 Å². The molecule has 22 aromatic carbocycles. The fourth-order valence-corrected chi connectivity index (χ4v) is 22.4. The van der Waals surface area contributed by atoms with E-state index in [1.165, 1.54) is 152 Å². The largest absolute Gasteiger partial charge is 0.456 e.